The first-order valence-electron chi connectivity index (χ1n) is 12.7. The number of aliphatic hydroxyl groups is 1. The lowest BCUT2D eigenvalue weighted by Gasteiger charge is -2.40. The monoisotopic (exact) mass is 573 g/mol. The number of carbonyl (C=O) groups is 3. The molecule has 3 unspecified atom stereocenters. The van der Waals surface area contributed by atoms with Crippen LogP contribution in [0.1, 0.15) is 31.9 Å². The van der Waals surface area contributed by atoms with E-state index in [-0.39, 0.29) is 35.2 Å². The Morgan fingerprint density at radius 3 is 2.43 bits per heavy atom. The van der Waals surface area contributed by atoms with Crippen LogP contribution in [0.25, 0.3) is 0 Å². The Kier molecular flexibility index (Phi) is 7.97. The van der Waals surface area contributed by atoms with E-state index >= 15 is 0 Å². The number of aliphatic hydroxyl groups excluding tert-OH is 1. The minimum Gasteiger partial charge on any atom is -0.394 e. The number of likely N-dealkylation sites (tertiary alicyclic amines) is 1. The highest BCUT2D eigenvalue weighted by Gasteiger charge is 2.77. The fourth-order valence-corrected chi connectivity index (χ4v) is 7.33. The van der Waals surface area contributed by atoms with Gasteiger partial charge in [0.15, 0.2) is 0 Å². The van der Waals surface area contributed by atoms with Crippen LogP contribution in [0.4, 0.5) is 0 Å². The Balaban J connectivity index is 1.87. The molecule has 3 aliphatic rings. The molecule has 3 amide bonds. The maximum Gasteiger partial charge on any atom is 0.248 e. The summed E-state index contributed by atoms with van der Waals surface area (Å²) in [7, 11) is 1.68. The van der Waals surface area contributed by atoms with E-state index in [0.717, 1.165) is 0 Å². The Bertz CT molecular complexity index is 1070. The molecule has 0 radical (unpaired) electrons. The van der Waals surface area contributed by atoms with Crippen molar-refractivity contribution in [1.82, 2.24) is 14.7 Å². The number of alkyl halides is 1. The van der Waals surface area contributed by atoms with Crippen molar-refractivity contribution in [2.75, 3.05) is 26.7 Å². The highest BCUT2D eigenvalue weighted by molar-refractivity contribution is 9.09. The van der Waals surface area contributed by atoms with Gasteiger partial charge in [-0.2, -0.15) is 0 Å². The van der Waals surface area contributed by atoms with Gasteiger partial charge in [0.05, 0.1) is 30.6 Å². The molecular formula is C28H36BrN3O5. The molecule has 3 heterocycles. The molecule has 3 aliphatic heterocycles. The number of hydrogen-bond acceptors (Lipinski definition) is 5. The largest absolute Gasteiger partial charge is 0.394 e. The summed E-state index contributed by atoms with van der Waals surface area (Å²) in [6, 6.07) is 7.26. The summed E-state index contributed by atoms with van der Waals surface area (Å²) < 4.78 is 6.59. The van der Waals surface area contributed by atoms with E-state index in [1.165, 1.54) is 4.90 Å². The normalized spacial score (nSPS) is 30.8. The highest BCUT2D eigenvalue weighted by atomic mass is 79.9. The van der Waals surface area contributed by atoms with E-state index in [9.17, 15) is 19.5 Å². The van der Waals surface area contributed by atoms with Crippen LogP contribution < -0.4 is 0 Å². The second-order valence-corrected chi connectivity index (χ2v) is 11.6. The first-order valence-corrected chi connectivity index (χ1v) is 13.6. The average molecular weight is 575 g/mol. The molecule has 2 bridgehead atoms. The second-order valence-electron chi connectivity index (χ2n) is 10.4. The maximum atomic E-state index is 14.4. The molecule has 7 atom stereocenters. The van der Waals surface area contributed by atoms with Gasteiger partial charge in [-0.1, -0.05) is 58.4 Å². The van der Waals surface area contributed by atoms with Gasteiger partial charge in [-0.3, -0.25) is 14.4 Å². The third-order valence-corrected chi connectivity index (χ3v) is 8.80. The molecule has 200 valence electrons. The van der Waals surface area contributed by atoms with Crippen molar-refractivity contribution in [2.45, 2.75) is 54.9 Å². The summed E-state index contributed by atoms with van der Waals surface area (Å²) in [6.45, 7) is 11.6. The van der Waals surface area contributed by atoms with Gasteiger partial charge in [0.1, 0.15) is 11.6 Å². The zero-order valence-corrected chi connectivity index (χ0v) is 23.2. The molecule has 1 aromatic carbocycles. The van der Waals surface area contributed by atoms with Crippen molar-refractivity contribution < 1.29 is 24.2 Å². The standard InChI is InChI=1S/C28H36BrN3O5/c1-6-13-30(5)25(34)21-22-26(35)32(20(16-33)18-11-9-8-10-12-18)24(27(36)31(14-7-2)17(3)4)28(22)15-19(29)23(21)37-28/h6-12,17,19-24,33H,1-2,13-16H2,3-5H3/t19?,20-,21+,22+,23+,24?,28?/m1/s1. The van der Waals surface area contributed by atoms with Crippen LogP contribution in [0.3, 0.4) is 0 Å². The molecular weight excluding hydrogens is 538 g/mol. The van der Waals surface area contributed by atoms with Crippen LogP contribution >= 0.6 is 15.9 Å². The molecule has 3 fully saturated rings. The predicted octanol–water partition coefficient (Wildman–Crippen LogP) is 2.54. The smallest absolute Gasteiger partial charge is 0.248 e. The van der Waals surface area contributed by atoms with Gasteiger partial charge in [0.25, 0.3) is 0 Å². The van der Waals surface area contributed by atoms with Crippen LogP contribution in [0, 0.1) is 11.8 Å². The van der Waals surface area contributed by atoms with Gasteiger partial charge < -0.3 is 24.5 Å². The zero-order valence-electron chi connectivity index (χ0n) is 21.6. The third kappa shape index (κ3) is 4.34. The minimum absolute atomic E-state index is 0.156. The maximum absolute atomic E-state index is 14.4. The molecule has 0 saturated carbocycles. The molecule has 37 heavy (non-hydrogen) atoms. The first-order chi connectivity index (χ1) is 17.6. The van der Waals surface area contributed by atoms with Crippen LogP contribution in [-0.2, 0) is 19.1 Å². The number of ether oxygens (including phenoxy) is 1. The van der Waals surface area contributed by atoms with Gasteiger partial charge in [0.2, 0.25) is 17.7 Å². The molecule has 9 heteroatoms. The van der Waals surface area contributed by atoms with Gasteiger partial charge in [-0.25, -0.2) is 0 Å². The lowest BCUT2D eigenvalue weighted by Crippen LogP contribution is -2.58. The summed E-state index contributed by atoms with van der Waals surface area (Å²) in [5.74, 6) is -2.41. The Labute approximate surface area is 227 Å². The topological polar surface area (TPSA) is 90.4 Å². The van der Waals surface area contributed by atoms with Crippen molar-refractivity contribution in [3.8, 4) is 0 Å². The summed E-state index contributed by atoms with van der Waals surface area (Å²) in [5.41, 5.74) is -0.484. The fourth-order valence-electron chi connectivity index (χ4n) is 6.38. The van der Waals surface area contributed by atoms with Gasteiger partial charge in [-0.15, -0.1) is 13.2 Å². The highest BCUT2D eigenvalue weighted by Crippen LogP contribution is 2.61. The predicted molar refractivity (Wildman–Crippen MR) is 144 cm³/mol. The second kappa shape index (κ2) is 10.7. The number of likely N-dealkylation sites (N-methyl/N-ethyl adjacent to an activating group) is 1. The number of rotatable bonds is 10. The van der Waals surface area contributed by atoms with Crippen LogP contribution in [0.2, 0.25) is 0 Å². The van der Waals surface area contributed by atoms with E-state index in [1.54, 1.807) is 29.0 Å². The molecule has 0 aromatic heterocycles. The van der Waals surface area contributed by atoms with E-state index in [2.05, 4.69) is 29.1 Å². The van der Waals surface area contributed by atoms with Crippen molar-refractivity contribution in [1.29, 1.82) is 0 Å². The van der Waals surface area contributed by atoms with E-state index in [4.69, 9.17) is 4.74 Å². The molecule has 3 saturated heterocycles. The number of hydrogen-bond donors (Lipinski definition) is 1. The van der Waals surface area contributed by atoms with E-state index in [1.807, 2.05) is 44.2 Å². The molecule has 0 aliphatic carbocycles. The Morgan fingerprint density at radius 2 is 1.86 bits per heavy atom. The zero-order chi connectivity index (χ0) is 27.1. The number of nitrogens with zero attached hydrogens (tertiary/aromatic N) is 3. The van der Waals surface area contributed by atoms with Crippen molar-refractivity contribution in [3.63, 3.8) is 0 Å². The van der Waals surface area contributed by atoms with Gasteiger partial charge in [-0.05, 0) is 25.8 Å². The van der Waals surface area contributed by atoms with Gasteiger partial charge in [0, 0.05) is 31.0 Å². The van der Waals surface area contributed by atoms with E-state index in [0.29, 0.717) is 25.1 Å². The summed E-state index contributed by atoms with van der Waals surface area (Å²) in [4.78, 5) is 46.8. The van der Waals surface area contributed by atoms with Crippen molar-refractivity contribution in [2.24, 2.45) is 11.8 Å². The Morgan fingerprint density at radius 1 is 1.22 bits per heavy atom. The fraction of sp³-hybridized carbons (Fsp3) is 0.536. The Hall–Kier alpha value is -2.49. The summed E-state index contributed by atoms with van der Waals surface area (Å²) in [6.07, 6.45) is 3.16. The number of benzene rings is 1. The van der Waals surface area contributed by atoms with Crippen LogP contribution in [0.5, 0.6) is 0 Å². The first kappa shape index (κ1) is 27.5. The van der Waals surface area contributed by atoms with Crippen molar-refractivity contribution in [3.05, 3.63) is 61.2 Å². The molecule has 1 spiro atoms. The number of carbonyl (C=O) groups excluding carboxylic acids is 3. The average Bonchev–Trinajstić information content (AvgIpc) is 3.46. The minimum atomic E-state index is -1.20. The lowest BCUT2D eigenvalue weighted by molar-refractivity contribution is -0.152. The molecule has 4 rings (SSSR count). The quantitative estimate of drug-likeness (QED) is 0.343. The summed E-state index contributed by atoms with van der Waals surface area (Å²) in [5, 5.41) is 10.6. The van der Waals surface area contributed by atoms with Gasteiger partial charge >= 0.3 is 0 Å². The molecule has 1 aromatic rings. The van der Waals surface area contributed by atoms with E-state index < -0.39 is 35.6 Å². The SMILES string of the molecule is C=CCN(C)C(=O)[C@H]1[C@H]2C(=O)N([C@H](CO)c3ccccc3)C(C(=O)N(CC=C)C(C)C)C23CC(Br)[C@@H]1O3. The molecule has 8 nitrogen and oxygen atoms in total. The van der Waals surface area contributed by atoms with Crippen molar-refractivity contribution >= 4 is 33.7 Å². The number of amides is 3. The number of fused-ring (bicyclic) bond motifs is 1. The third-order valence-electron chi connectivity index (χ3n) is 7.95. The molecule has 1 N–H and O–H groups in total. The van der Waals surface area contributed by atoms with Crippen LogP contribution in [0.15, 0.2) is 55.6 Å². The number of halogens is 1. The summed E-state index contributed by atoms with van der Waals surface area (Å²) >= 11 is 3.70. The lowest BCUT2D eigenvalue weighted by atomic mass is 9.70. The van der Waals surface area contributed by atoms with Crippen LogP contribution in [-0.4, -0.2) is 92.9 Å².